The van der Waals surface area contributed by atoms with E-state index < -0.39 is 0 Å². The SMILES string of the molecule is COc1ccc(CCCCOC(=O)C2=C(c3ccccc3)CCN(C)C2)cc1. The lowest BCUT2D eigenvalue weighted by atomic mass is 9.93. The van der Waals surface area contributed by atoms with Gasteiger partial charge in [-0.15, -0.1) is 0 Å². The van der Waals surface area contributed by atoms with E-state index in [1.807, 2.05) is 37.4 Å². The first-order chi connectivity index (χ1) is 13.7. The van der Waals surface area contributed by atoms with Crippen molar-refractivity contribution in [1.29, 1.82) is 0 Å². The van der Waals surface area contributed by atoms with Gasteiger partial charge in [0.05, 0.1) is 19.3 Å². The third-order valence-electron chi connectivity index (χ3n) is 5.16. The Hall–Kier alpha value is -2.59. The van der Waals surface area contributed by atoms with Gasteiger partial charge in [0.1, 0.15) is 5.75 Å². The van der Waals surface area contributed by atoms with Crippen LogP contribution in [-0.4, -0.2) is 44.7 Å². The summed E-state index contributed by atoms with van der Waals surface area (Å²) in [6.07, 6.45) is 3.70. The van der Waals surface area contributed by atoms with Gasteiger partial charge in [0.2, 0.25) is 0 Å². The van der Waals surface area contributed by atoms with Crippen molar-refractivity contribution in [1.82, 2.24) is 4.90 Å². The number of carbonyl (C=O) groups excluding carboxylic acids is 1. The molecule has 1 aliphatic rings. The molecule has 4 heteroatoms. The van der Waals surface area contributed by atoms with Gasteiger partial charge in [-0.25, -0.2) is 4.79 Å². The molecule has 1 aliphatic heterocycles. The number of rotatable bonds is 8. The van der Waals surface area contributed by atoms with Crippen LogP contribution in [0.5, 0.6) is 5.75 Å². The minimum Gasteiger partial charge on any atom is -0.497 e. The molecule has 148 valence electrons. The van der Waals surface area contributed by atoms with Crippen LogP contribution in [0.2, 0.25) is 0 Å². The van der Waals surface area contributed by atoms with Crippen LogP contribution < -0.4 is 4.74 Å². The number of benzene rings is 2. The lowest BCUT2D eigenvalue weighted by Crippen LogP contribution is -2.31. The van der Waals surface area contributed by atoms with Gasteiger partial charge in [0, 0.05) is 13.1 Å². The lowest BCUT2D eigenvalue weighted by molar-refractivity contribution is -0.139. The van der Waals surface area contributed by atoms with Crippen LogP contribution in [0.1, 0.15) is 30.4 Å². The van der Waals surface area contributed by atoms with Gasteiger partial charge in [-0.1, -0.05) is 42.5 Å². The number of methoxy groups -OCH3 is 1. The highest BCUT2D eigenvalue weighted by Gasteiger charge is 2.23. The van der Waals surface area contributed by atoms with Crippen LogP contribution >= 0.6 is 0 Å². The predicted octanol–water partition coefficient (Wildman–Crippen LogP) is 4.35. The van der Waals surface area contributed by atoms with Gasteiger partial charge in [-0.2, -0.15) is 0 Å². The van der Waals surface area contributed by atoms with Crippen molar-refractivity contribution in [2.45, 2.75) is 25.7 Å². The zero-order valence-corrected chi connectivity index (χ0v) is 16.8. The molecule has 0 aliphatic carbocycles. The first-order valence-electron chi connectivity index (χ1n) is 9.93. The number of nitrogens with zero attached hydrogens (tertiary/aromatic N) is 1. The summed E-state index contributed by atoms with van der Waals surface area (Å²) in [5.74, 6) is 0.701. The van der Waals surface area contributed by atoms with Gasteiger partial charge in [-0.05, 0) is 61.6 Å². The van der Waals surface area contributed by atoms with Crippen molar-refractivity contribution < 1.29 is 14.3 Å². The molecule has 4 nitrogen and oxygen atoms in total. The van der Waals surface area contributed by atoms with Crippen molar-refractivity contribution >= 4 is 11.5 Å². The Bertz CT molecular complexity index is 796. The van der Waals surface area contributed by atoms with E-state index in [4.69, 9.17) is 9.47 Å². The highest BCUT2D eigenvalue weighted by Crippen LogP contribution is 2.27. The van der Waals surface area contributed by atoms with E-state index in [1.54, 1.807) is 7.11 Å². The monoisotopic (exact) mass is 379 g/mol. The van der Waals surface area contributed by atoms with Crippen molar-refractivity contribution in [2.75, 3.05) is 33.9 Å². The number of unbranched alkanes of at least 4 members (excludes halogenated alkanes) is 1. The number of aryl methyl sites for hydroxylation is 1. The molecule has 0 spiro atoms. The zero-order chi connectivity index (χ0) is 19.8. The molecule has 0 unspecified atom stereocenters. The molecule has 1 heterocycles. The van der Waals surface area contributed by atoms with Gasteiger partial charge in [0.15, 0.2) is 0 Å². The maximum Gasteiger partial charge on any atom is 0.335 e. The van der Waals surface area contributed by atoms with E-state index >= 15 is 0 Å². The van der Waals surface area contributed by atoms with Crippen LogP contribution in [0, 0.1) is 0 Å². The Kier molecular flexibility index (Phi) is 7.26. The summed E-state index contributed by atoms with van der Waals surface area (Å²) >= 11 is 0. The van der Waals surface area contributed by atoms with Crippen LogP contribution in [0.15, 0.2) is 60.2 Å². The number of hydrogen-bond acceptors (Lipinski definition) is 4. The van der Waals surface area contributed by atoms with Gasteiger partial charge < -0.3 is 14.4 Å². The molecular weight excluding hydrogens is 350 g/mol. The smallest absolute Gasteiger partial charge is 0.335 e. The molecule has 0 N–H and O–H groups in total. The van der Waals surface area contributed by atoms with E-state index in [0.717, 1.165) is 54.7 Å². The Balaban J connectivity index is 1.51. The minimum absolute atomic E-state index is 0.171. The molecule has 0 radical (unpaired) electrons. The summed E-state index contributed by atoms with van der Waals surface area (Å²) in [4.78, 5) is 14.9. The summed E-state index contributed by atoms with van der Waals surface area (Å²) in [6.45, 7) is 2.07. The highest BCUT2D eigenvalue weighted by molar-refractivity contribution is 5.98. The Morgan fingerprint density at radius 2 is 1.79 bits per heavy atom. The standard InChI is InChI=1S/C24H29NO3/c1-25-16-15-22(20-9-4-3-5-10-20)23(18-25)24(26)28-17-7-6-8-19-11-13-21(27-2)14-12-19/h3-5,9-14H,6-8,15-18H2,1-2H3. The third-order valence-corrected chi connectivity index (χ3v) is 5.16. The maximum atomic E-state index is 12.7. The fraction of sp³-hybridized carbons (Fsp3) is 0.375. The molecule has 0 amide bonds. The fourth-order valence-corrected chi connectivity index (χ4v) is 3.52. The second kappa shape index (κ2) is 10.1. The van der Waals surface area contributed by atoms with Gasteiger partial charge in [0.25, 0.3) is 0 Å². The average Bonchev–Trinajstić information content (AvgIpc) is 2.74. The maximum absolute atomic E-state index is 12.7. The van der Waals surface area contributed by atoms with E-state index in [9.17, 15) is 4.79 Å². The number of carbonyl (C=O) groups is 1. The van der Waals surface area contributed by atoms with Crippen LogP contribution in [0.4, 0.5) is 0 Å². The highest BCUT2D eigenvalue weighted by atomic mass is 16.5. The van der Waals surface area contributed by atoms with Gasteiger partial charge >= 0.3 is 5.97 Å². The Labute approximate surface area is 167 Å². The average molecular weight is 380 g/mol. The molecule has 3 rings (SSSR count). The predicted molar refractivity (Wildman–Crippen MR) is 112 cm³/mol. The lowest BCUT2D eigenvalue weighted by Gasteiger charge is -2.27. The molecule has 28 heavy (non-hydrogen) atoms. The number of ether oxygens (including phenoxy) is 2. The summed E-state index contributed by atoms with van der Waals surface area (Å²) in [7, 11) is 3.72. The molecule has 0 saturated carbocycles. The first-order valence-corrected chi connectivity index (χ1v) is 9.93. The topological polar surface area (TPSA) is 38.8 Å². The molecule has 0 bridgehead atoms. The Morgan fingerprint density at radius 1 is 1.04 bits per heavy atom. The number of hydrogen-bond donors (Lipinski definition) is 0. The molecular formula is C24H29NO3. The number of esters is 1. The van der Waals surface area contributed by atoms with Crippen LogP contribution in [-0.2, 0) is 16.0 Å². The largest absolute Gasteiger partial charge is 0.497 e. The first kappa shape index (κ1) is 20.2. The molecule has 0 aromatic heterocycles. The van der Waals surface area contributed by atoms with Crippen molar-refractivity contribution in [3.8, 4) is 5.75 Å². The van der Waals surface area contributed by atoms with Crippen molar-refractivity contribution in [3.05, 3.63) is 71.3 Å². The molecule has 0 atom stereocenters. The molecule has 2 aromatic rings. The summed E-state index contributed by atoms with van der Waals surface area (Å²) in [5.41, 5.74) is 4.33. The van der Waals surface area contributed by atoms with E-state index in [-0.39, 0.29) is 5.97 Å². The molecule has 0 saturated heterocycles. The van der Waals surface area contributed by atoms with Gasteiger partial charge in [-0.3, -0.25) is 0 Å². The normalized spacial score (nSPS) is 14.8. The molecule has 2 aromatic carbocycles. The van der Waals surface area contributed by atoms with E-state index in [1.165, 1.54) is 5.56 Å². The second-order valence-corrected chi connectivity index (χ2v) is 7.25. The molecule has 0 fully saturated rings. The van der Waals surface area contributed by atoms with E-state index in [0.29, 0.717) is 13.2 Å². The summed E-state index contributed by atoms with van der Waals surface area (Å²) < 4.78 is 10.8. The number of likely N-dealkylation sites (N-methyl/N-ethyl adjacent to an activating group) is 1. The Morgan fingerprint density at radius 3 is 2.50 bits per heavy atom. The fourth-order valence-electron chi connectivity index (χ4n) is 3.52. The van der Waals surface area contributed by atoms with Crippen LogP contribution in [0.25, 0.3) is 5.57 Å². The summed E-state index contributed by atoms with van der Waals surface area (Å²) in [5, 5.41) is 0. The zero-order valence-electron chi connectivity index (χ0n) is 16.8. The van der Waals surface area contributed by atoms with E-state index in [2.05, 4.69) is 29.2 Å². The summed E-state index contributed by atoms with van der Waals surface area (Å²) in [6, 6.07) is 18.3. The van der Waals surface area contributed by atoms with Crippen LogP contribution in [0.3, 0.4) is 0 Å². The van der Waals surface area contributed by atoms with Crippen molar-refractivity contribution in [2.24, 2.45) is 0 Å². The van der Waals surface area contributed by atoms with Crippen molar-refractivity contribution in [3.63, 3.8) is 0 Å². The quantitative estimate of drug-likeness (QED) is 0.505. The minimum atomic E-state index is -0.171. The second-order valence-electron chi connectivity index (χ2n) is 7.25. The third kappa shape index (κ3) is 5.46.